The van der Waals surface area contributed by atoms with Gasteiger partial charge in [-0.1, -0.05) is 28.1 Å². The van der Waals surface area contributed by atoms with Crippen LogP contribution in [0.2, 0.25) is 0 Å². The summed E-state index contributed by atoms with van der Waals surface area (Å²) in [5, 5.41) is 9.46. The summed E-state index contributed by atoms with van der Waals surface area (Å²) in [6.45, 7) is 2.01. The van der Waals surface area contributed by atoms with Gasteiger partial charge in [-0.15, -0.1) is 0 Å². The molecule has 0 radical (unpaired) electrons. The van der Waals surface area contributed by atoms with E-state index >= 15 is 0 Å². The van der Waals surface area contributed by atoms with Crippen molar-refractivity contribution >= 4 is 15.9 Å². The highest BCUT2D eigenvalue weighted by molar-refractivity contribution is 9.08. The maximum Gasteiger partial charge on any atom is 0.0994 e. The van der Waals surface area contributed by atoms with Crippen molar-refractivity contribution in [2.24, 2.45) is 0 Å². The van der Waals surface area contributed by atoms with E-state index in [0.717, 1.165) is 16.5 Å². The lowest BCUT2D eigenvalue weighted by atomic mass is 10.1. The number of benzene rings is 1. The summed E-state index contributed by atoms with van der Waals surface area (Å²) >= 11 is 3.35. The number of nitrogens with zero attached hydrogens (tertiary/aromatic N) is 1. The minimum Gasteiger partial charge on any atom is -0.192 e. The fraction of sp³-hybridized carbons (Fsp3) is 0.222. The predicted octanol–water partition coefficient (Wildman–Crippen LogP) is 2.76. The molecule has 0 saturated heterocycles. The molecule has 0 aromatic heterocycles. The molecule has 0 spiro atoms. The Balaban J connectivity index is 3.27. The number of halogens is 1. The molecule has 0 N–H and O–H groups in total. The van der Waals surface area contributed by atoms with Crippen LogP contribution in [0.4, 0.5) is 0 Å². The maximum atomic E-state index is 8.70. The van der Waals surface area contributed by atoms with Gasteiger partial charge >= 0.3 is 0 Å². The van der Waals surface area contributed by atoms with Crippen molar-refractivity contribution in [3.8, 4) is 6.07 Å². The normalized spacial score (nSPS) is 9.18. The van der Waals surface area contributed by atoms with Crippen LogP contribution in [0.1, 0.15) is 16.7 Å². The first-order valence-electron chi connectivity index (χ1n) is 3.34. The van der Waals surface area contributed by atoms with E-state index in [4.69, 9.17) is 5.26 Å². The molecule has 0 saturated carbocycles. The Bertz CT molecular complexity index is 299. The summed E-state index contributed by atoms with van der Waals surface area (Å²) in [6, 6.07) is 7.91. The van der Waals surface area contributed by atoms with Gasteiger partial charge in [0.2, 0.25) is 0 Å². The number of hydrogen-bond donors (Lipinski definition) is 0. The zero-order chi connectivity index (χ0) is 8.27. The molecule has 0 amide bonds. The van der Waals surface area contributed by atoms with Gasteiger partial charge in [-0.05, 0) is 24.1 Å². The summed E-state index contributed by atoms with van der Waals surface area (Å²) in [4.78, 5) is 0. The zero-order valence-electron chi connectivity index (χ0n) is 6.26. The van der Waals surface area contributed by atoms with Crippen molar-refractivity contribution in [2.75, 3.05) is 0 Å². The fourth-order valence-corrected chi connectivity index (χ4v) is 1.73. The molecule has 1 aromatic rings. The molecule has 11 heavy (non-hydrogen) atoms. The molecule has 1 nitrogen and oxygen atoms in total. The molecular formula is C9H8BrN. The van der Waals surface area contributed by atoms with Crippen molar-refractivity contribution in [2.45, 2.75) is 12.3 Å². The van der Waals surface area contributed by atoms with Crippen LogP contribution in [0.3, 0.4) is 0 Å². The maximum absolute atomic E-state index is 8.70. The lowest BCUT2D eigenvalue weighted by Crippen LogP contribution is -1.88. The van der Waals surface area contributed by atoms with Crippen LogP contribution in [0.25, 0.3) is 0 Å². The van der Waals surface area contributed by atoms with E-state index in [0.29, 0.717) is 0 Å². The second-order valence-electron chi connectivity index (χ2n) is 2.35. The fourth-order valence-electron chi connectivity index (χ4n) is 0.984. The Morgan fingerprint density at radius 2 is 2.27 bits per heavy atom. The van der Waals surface area contributed by atoms with Gasteiger partial charge in [0.05, 0.1) is 11.6 Å². The Labute approximate surface area is 74.8 Å². The largest absolute Gasteiger partial charge is 0.192 e. The molecule has 0 bridgehead atoms. The number of nitriles is 1. The molecule has 0 heterocycles. The van der Waals surface area contributed by atoms with Crippen molar-refractivity contribution in [3.63, 3.8) is 0 Å². The Morgan fingerprint density at radius 1 is 1.55 bits per heavy atom. The van der Waals surface area contributed by atoms with Gasteiger partial charge in [-0.3, -0.25) is 0 Å². The standard InChI is InChI=1S/C9H8BrN/c1-7-3-2-4-8(6-11)9(7)5-10/h2-4H,5H2,1H3. The van der Waals surface area contributed by atoms with Gasteiger partial charge in [0.25, 0.3) is 0 Å². The summed E-state index contributed by atoms with van der Waals surface area (Å²) in [6.07, 6.45) is 0. The molecule has 1 aromatic carbocycles. The van der Waals surface area contributed by atoms with Gasteiger partial charge in [0.15, 0.2) is 0 Å². The molecule has 0 atom stereocenters. The molecule has 0 unspecified atom stereocenters. The van der Waals surface area contributed by atoms with Crippen molar-refractivity contribution in [1.29, 1.82) is 5.26 Å². The average molecular weight is 210 g/mol. The topological polar surface area (TPSA) is 23.8 Å². The number of aryl methyl sites for hydroxylation is 1. The quantitative estimate of drug-likeness (QED) is 0.653. The molecule has 0 aliphatic heterocycles. The number of alkyl halides is 1. The third kappa shape index (κ3) is 1.61. The Kier molecular flexibility index (Phi) is 2.67. The lowest BCUT2D eigenvalue weighted by molar-refractivity contribution is 1.29. The molecular weight excluding hydrogens is 202 g/mol. The minimum absolute atomic E-state index is 0.753. The van der Waals surface area contributed by atoms with Crippen LogP contribution >= 0.6 is 15.9 Å². The smallest absolute Gasteiger partial charge is 0.0994 e. The Morgan fingerprint density at radius 3 is 2.73 bits per heavy atom. The number of rotatable bonds is 1. The van der Waals surface area contributed by atoms with Crippen LogP contribution in [0.5, 0.6) is 0 Å². The van der Waals surface area contributed by atoms with E-state index in [1.165, 1.54) is 5.56 Å². The molecule has 0 aliphatic carbocycles. The highest BCUT2D eigenvalue weighted by Crippen LogP contribution is 2.15. The summed E-state index contributed by atoms with van der Waals surface area (Å²) < 4.78 is 0. The number of hydrogen-bond acceptors (Lipinski definition) is 1. The van der Waals surface area contributed by atoms with Crippen LogP contribution in [0.15, 0.2) is 18.2 Å². The summed E-state index contributed by atoms with van der Waals surface area (Å²) in [7, 11) is 0. The van der Waals surface area contributed by atoms with Crippen molar-refractivity contribution < 1.29 is 0 Å². The van der Waals surface area contributed by atoms with Gasteiger partial charge < -0.3 is 0 Å². The van der Waals surface area contributed by atoms with Crippen LogP contribution in [0, 0.1) is 18.3 Å². The van der Waals surface area contributed by atoms with E-state index in [2.05, 4.69) is 22.0 Å². The van der Waals surface area contributed by atoms with Crippen LogP contribution in [-0.4, -0.2) is 0 Å². The van der Waals surface area contributed by atoms with Crippen molar-refractivity contribution in [3.05, 3.63) is 34.9 Å². The Hall–Kier alpha value is -0.810. The molecule has 2 heteroatoms. The monoisotopic (exact) mass is 209 g/mol. The average Bonchev–Trinajstić information content (AvgIpc) is 2.04. The van der Waals surface area contributed by atoms with E-state index in [9.17, 15) is 0 Å². The second-order valence-corrected chi connectivity index (χ2v) is 2.91. The van der Waals surface area contributed by atoms with Crippen LogP contribution < -0.4 is 0 Å². The van der Waals surface area contributed by atoms with Gasteiger partial charge in [-0.2, -0.15) is 5.26 Å². The first-order valence-corrected chi connectivity index (χ1v) is 4.46. The van der Waals surface area contributed by atoms with Gasteiger partial charge in [0, 0.05) is 5.33 Å². The predicted molar refractivity (Wildman–Crippen MR) is 48.5 cm³/mol. The first-order chi connectivity index (χ1) is 5.29. The zero-order valence-corrected chi connectivity index (χ0v) is 7.85. The second kappa shape index (κ2) is 3.54. The van der Waals surface area contributed by atoms with E-state index in [1.54, 1.807) is 0 Å². The molecule has 0 aliphatic rings. The third-order valence-corrected chi connectivity index (χ3v) is 2.23. The highest BCUT2D eigenvalue weighted by atomic mass is 79.9. The lowest BCUT2D eigenvalue weighted by Gasteiger charge is -2.02. The molecule has 56 valence electrons. The van der Waals surface area contributed by atoms with E-state index in [-0.39, 0.29) is 0 Å². The SMILES string of the molecule is Cc1cccc(C#N)c1CBr. The van der Waals surface area contributed by atoms with Gasteiger partial charge in [0.1, 0.15) is 0 Å². The summed E-state index contributed by atoms with van der Waals surface area (Å²) in [5.74, 6) is 0. The molecule has 0 fully saturated rings. The minimum atomic E-state index is 0.753. The van der Waals surface area contributed by atoms with E-state index in [1.807, 2.05) is 25.1 Å². The summed E-state index contributed by atoms with van der Waals surface area (Å²) in [5.41, 5.74) is 3.03. The van der Waals surface area contributed by atoms with Crippen LogP contribution in [-0.2, 0) is 5.33 Å². The van der Waals surface area contributed by atoms with Crippen molar-refractivity contribution in [1.82, 2.24) is 0 Å². The third-order valence-electron chi connectivity index (χ3n) is 1.66. The highest BCUT2D eigenvalue weighted by Gasteiger charge is 2.01. The van der Waals surface area contributed by atoms with E-state index < -0.39 is 0 Å². The van der Waals surface area contributed by atoms with Gasteiger partial charge in [-0.25, -0.2) is 0 Å². The molecule has 1 rings (SSSR count). The first kappa shape index (κ1) is 8.29.